The molecule has 0 radical (unpaired) electrons. The normalized spacial score (nSPS) is 25.6. The summed E-state index contributed by atoms with van der Waals surface area (Å²) in [4.78, 5) is 12.5. The molecule has 16 heavy (non-hydrogen) atoms. The number of halogens is 2. The lowest BCUT2D eigenvalue weighted by Gasteiger charge is -2.50. The second-order valence-electron chi connectivity index (χ2n) is 4.94. The fraction of sp³-hybridized carbons (Fsp3) is 0.900. The SMILES string of the molecule is CC(C)(C)OC(=O)N1CCC1(CO)C(F)F. The Bertz CT molecular complexity index is 274. The van der Waals surface area contributed by atoms with Crippen LogP contribution in [0.3, 0.4) is 0 Å². The molecule has 1 amide bonds. The highest BCUT2D eigenvalue weighted by molar-refractivity contribution is 5.70. The van der Waals surface area contributed by atoms with Crippen molar-refractivity contribution in [1.29, 1.82) is 0 Å². The maximum atomic E-state index is 12.8. The Morgan fingerprint density at radius 3 is 2.38 bits per heavy atom. The van der Waals surface area contributed by atoms with Crippen LogP contribution in [0.25, 0.3) is 0 Å². The van der Waals surface area contributed by atoms with Gasteiger partial charge in [-0.15, -0.1) is 0 Å². The first-order valence-electron chi connectivity index (χ1n) is 5.12. The summed E-state index contributed by atoms with van der Waals surface area (Å²) in [6.07, 6.45) is -3.47. The molecule has 1 aliphatic rings. The van der Waals surface area contributed by atoms with E-state index in [9.17, 15) is 13.6 Å². The highest BCUT2D eigenvalue weighted by atomic mass is 19.3. The summed E-state index contributed by atoms with van der Waals surface area (Å²) in [5, 5.41) is 9.00. The Balaban J connectivity index is 2.71. The fourth-order valence-corrected chi connectivity index (χ4v) is 1.56. The van der Waals surface area contributed by atoms with E-state index in [4.69, 9.17) is 9.84 Å². The Kier molecular flexibility index (Phi) is 3.42. The summed E-state index contributed by atoms with van der Waals surface area (Å²) in [5.41, 5.74) is -2.47. The number of aliphatic hydroxyl groups is 1. The summed E-state index contributed by atoms with van der Waals surface area (Å²) in [6, 6.07) is 0. The van der Waals surface area contributed by atoms with Crippen LogP contribution in [0, 0.1) is 0 Å². The van der Waals surface area contributed by atoms with E-state index in [0.717, 1.165) is 4.90 Å². The molecule has 1 aliphatic heterocycles. The van der Waals surface area contributed by atoms with Gasteiger partial charge < -0.3 is 9.84 Å². The van der Waals surface area contributed by atoms with Crippen LogP contribution >= 0.6 is 0 Å². The third kappa shape index (κ3) is 2.26. The van der Waals surface area contributed by atoms with Crippen molar-refractivity contribution in [3.63, 3.8) is 0 Å². The van der Waals surface area contributed by atoms with Crippen LogP contribution in [0.4, 0.5) is 13.6 Å². The lowest BCUT2D eigenvalue weighted by molar-refractivity contribution is -0.137. The number of rotatable bonds is 2. The molecule has 1 unspecified atom stereocenters. The molecule has 1 fully saturated rings. The molecule has 0 aliphatic carbocycles. The summed E-state index contributed by atoms with van der Waals surface area (Å²) in [5.74, 6) is 0. The number of ether oxygens (including phenoxy) is 1. The molecule has 1 atom stereocenters. The Labute approximate surface area is 93.2 Å². The lowest BCUT2D eigenvalue weighted by atomic mass is 9.86. The van der Waals surface area contributed by atoms with E-state index in [1.54, 1.807) is 20.8 Å². The van der Waals surface area contributed by atoms with E-state index in [1.807, 2.05) is 0 Å². The molecule has 0 spiro atoms. The molecule has 4 nitrogen and oxygen atoms in total. The molecule has 1 saturated heterocycles. The second kappa shape index (κ2) is 4.16. The predicted octanol–water partition coefficient (Wildman–Crippen LogP) is 1.62. The van der Waals surface area contributed by atoms with Gasteiger partial charge in [-0.05, 0) is 27.2 Å². The first kappa shape index (κ1) is 13.2. The Morgan fingerprint density at radius 1 is 1.56 bits per heavy atom. The highest BCUT2D eigenvalue weighted by Gasteiger charge is 2.55. The third-order valence-corrected chi connectivity index (χ3v) is 2.60. The standard InChI is InChI=1S/C10H17F2NO3/c1-9(2,3)16-8(15)13-5-4-10(13,6-14)7(11)12/h7,14H,4-6H2,1-3H3. The van der Waals surface area contributed by atoms with Crippen LogP contribution in [-0.4, -0.2) is 46.8 Å². The summed E-state index contributed by atoms with van der Waals surface area (Å²) < 4.78 is 30.5. The molecular weight excluding hydrogens is 220 g/mol. The predicted molar refractivity (Wildman–Crippen MR) is 53.4 cm³/mol. The van der Waals surface area contributed by atoms with Crippen LogP contribution in [0.5, 0.6) is 0 Å². The van der Waals surface area contributed by atoms with Gasteiger partial charge in [0.2, 0.25) is 0 Å². The number of likely N-dealkylation sites (tertiary alicyclic amines) is 1. The molecule has 1 heterocycles. The Hall–Kier alpha value is -0.910. The summed E-state index contributed by atoms with van der Waals surface area (Å²) in [6.45, 7) is 4.43. The third-order valence-electron chi connectivity index (χ3n) is 2.60. The molecule has 1 N–H and O–H groups in total. The number of alkyl halides is 2. The average molecular weight is 237 g/mol. The van der Waals surface area contributed by atoms with Crippen molar-refractivity contribution < 1.29 is 23.4 Å². The topological polar surface area (TPSA) is 49.8 Å². The molecular formula is C10H17F2NO3. The molecule has 0 aromatic carbocycles. The fourth-order valence-electron chi connectivity index (χ4n) is 1.56. The van der Waals surface area contributed by atoms with Crippen molar-refractivity contribution in [1.82, 2.24) is 4.90 Å². The molecule has 0 saturated carbocycles. The number of aliphatic hydroxyl groups excluding tert-OH is 1. The summed E-state index contributed by atoms with van der Waals surface area (Å²) in [7, 11) is 0. The van der Waals surface area contributed by atoms with Gasteiger partial charge in [0.25, 0.3) is 6.43 Å². The number of hydrogen-bond donors (Lipinski definition) is 1. The number of amides is 1. The average Bonchev–Trinajstić information content (AvgIpc) is 1.98. The zero-order valence-electron chi connectivity index (χ0n) is 9.67. The molecule has 6 heteroatoms. The van der Waals surface area contributed by atoms with Crippen LogP contribution < -0.4 is 0 Å². The number of nitrogens with zero attached hydrogens (tertiary/aromatic N) is 1. The molecule has 94 valence electrons. The first-order valence-corrected chi connectivity index (χ1v) is 5.12. The minimum atomic E-state index is -2.77. The monoisotopic (exact) mass is 237 g/mol. The number of carbonyl (C=O) groups is 1. The minimum absolute atomic E-state index is 0.0976. The number of carbonyl (C=O) groups excluding carboxylic acids is 1. The van der Waals surface area contributed by atoms with Crippen molar-refractivity contribution in [3.05, 3.63) is 0 Å². The lowest BCUT2D eigenvalue weighted by Crippen LogP contribution is -2.68. The van der Waals surface area contributed by atoms with Gasteiger partial charge in [0.05, 0.1) is 6.61 Å². The van der Waals surface area contributed by atoms with Gasteiger partial charge in [-0.1, -0.05) is 0 Å². The van der Waals surface area contributed by atoms with E-state index in [1.165, 1.54) is 0 Å². The minimum Gasteiger partial charge on any atom is -0.444 e. The van der Waals surface area contributed by atoms with Gasteiger partial charge in [0.15, 0.2) is 0 Å². The van der Waals surface area contributed by atoms with Crippen molar-refractivity contribution in [3.8, 4) is 0 Å². The highest BCUT2D eigenvalue weighted by Crippen LogP contribution is 2.37. The zero-order valence-corrected chi connectivity index (χ0v) is 9.67. The second-order valence-corrected chi connectivity index (χ2v) is 4.94. The van der Waals surface area contributed by atoms with Crippen molar-refractivity contribution in [2.24, 2.45) is 0 Å². The van der Waals surface area contributed by atoms with Crippen LogP contribution in [-0.2, 0) is 4.74 Å². The zero-order chi connectivity index (χ0) is 12.6. The van der Waals surface area contributed by atoms with Crippen LogP contribution in [0.15, 0.2) is 0 Å². The van der Waals surface area contributed by atoms with Gasteiger partial charge in [-0.3, -0.25) is 4.90 Å². The summed E-state index contributed by atoms with van der Waals surface area (Å²) >= 11 is 0. The van der Waals surface area contributed by atoms with E-state index in [2.05, 4.69) is 0 Å². The molecule has 0 bridgehead atoms. The maximum absolute atomic E-state index is 12.8. The van der Waals surface area contributed by atoms with E-state index in [0.29, 0.717) is 0 Å². The van der Waals surface area contributed by atoms with Crippen molar-refractivity contribution in [2.75, 3.05) is 13.2 Å². The molecule has 0 aromatic rings. The van der Waals surface area contributed by atoms with Crippen molar-refractivity contribution in [2.45, 2.75) is 44.8 Å². The van der Waals surface area contributed by atoms with E-state index >= 15 is 0 Å². The van der Waals surface area contributed by atoms with Crippen LogP contribution in [0.1, 0.15) is 27.2 Å². The van der Waals surface area contributed by atoms with Gasteiger partial charge in [0.1, 0.15) is 11.1 Å². The van der Waals surface area contributed by atoms with Gasteiger partial charge in [0, 0.05) is 6.54 Å². The van der Waals surface area contributed by atoms with Gasteiger partial charge in [-0.2, -0.15) is 0 Å². The molecule has 1 rings (SSSR count). The van der Waals surface area contributed by atoms with Gasteiger partial charge in [-0.25, -0.2) is 13.6 Å². The van der Waals surface area contributed by atoms with E-state index in [-0.39, 0.29) is 13.0 Å². The van der Waals surface area contributed by atoms with Crippen LogP contribution in [0.2, 0.25) is 0 Å². The Morgan fingerprint density at radius 2 is 2.12 bits per heavy atom. The van der Waals surface area contributed by atoms with Gasteiger partial charge >= 0.3 is 6.09 Å². The first-order chi connectivity index (χ1) is 7.23. The quantitative estimate of drug-likeness (QED) is 0.794. The molecule has 0 aromatic heterocycles. The van der Waals surface area contributed by atoms with E-state index < -0.39 is 30.3 Å². The maximum Gasteiger partial charge on any atom is 0.411 e. The van der Waals surface area contributed by atoms with Crippen molar-refractivity contribution >= 4 is 6.09 Å². The largest absolute Gasteiger partial charge is 0.444 e. The number of hydrogen-bond acceptors (Lipinski definition) is 3. The smallest absolute Gasteiger partial charge is 0.411 e.